The number of guanidine groups is 1. The van der Waals surface area contributed by atoms with Gasteiger partial charge in [-0.25, -0.2) is 4.99 Å². The van der Waals surface area contributed by atoms with Gasteiger partial charge in [0.2, 0.25) is 5.96 Å². The Labute approximate surface area is 67.9 Å². The first kappa shape index (κ1) is 9.88. The molecule has 0 aromatic carbocycles. The highest BCUT2D eigenvalue weighted by Gasteiger charge is 1.86. The van der Waals surface area contributed by atoms with Crippen LogP contribution in [0.15, 0.2) is 22.3 Å². The fourth-order valence-electron chi connectivity index (χ4n) is 0.517. The minimum atomic E-state index is 0.588. The lowest BCUT2D eigenvalue weighted by Crippen LogP contribution is -2.14. The molecule has 62 valence electrons. The Morgan fingerprint density at radius 3 is 2.82 bits per heavy atom. The van der Waals surface area contributed by atoms with Crippen LogP contribution in [-0.4, -0.2) is 19.2 Å². The third kappa shape index (κ3) is 5.33. The van der Waals surface area contributed by atoms with Crippen LogP contribution >= 0.6 is 0 Å². The van der Waals surface area contributed by atoms with E-state index in [4.69, 9.17) is 0 Å². The molecule has 0 aliphatic rings. The predicted molar refractivity (Wildman–Crippen MR) is 50.1 cm³/mol. The quantitative estimate of drug-likeness (QED) is 0.485. The molecular formula is C8H15N3. The second kappa shape index (κ2) is 6.99. The molecule has 0 fully saturated rings. The summed E-state index contributed by atoms with van der Waals surface area (Å²) in [6.45, 7) is 8.17. The van der Waals surface area contributed by atoms with Gasteiger partial charge >= 0.3 is 0 Å². The maximum absolute atomic E-state index is 4.12. The topological polar surface area (TPSA) is 36.8 Å². The molecule has 0 aromatic rings. The normalized spacial score (nSPS) is 12.0. The van der Waals surface area contributed by atoms with E-state index in [2.05, 4.69) is 28.9 Å². The summed E-state index contributed by atoms with van der Waals surface area (Å²) in [5, 5.41) is 2.89. The smallest absolute Gasteiger partial charge is 0.221 e. The van der Waals surface area contributed by atoms with E-state index in [1.807, 2.05) is 13.0 Å². The molecule has 0 unspecified atom stereocenters. The summed E-state index contributed by atoms with van der Waals surface area (Å²) in [4.78, 5) is 7.82. The van der Waals surface area contributed by atoms with Gasteiger partial charge in [-0.15, -0.1) is 0 Å². The van der Waals surface area contributed by atoms with E-state index >= 15 is 0 Å². The molecule has 0 aliphatic carbocycles. The molecule has 0 saturated heterocycles. The van der Waals surface area contributed by atoms with Gasteiger partial charge in [-0.05, 0) is 26.3 Å². The number of allylic oxidation sites excluding steroid dienone is 1. The van der Waals surface area contributed by atoms with Crippen molar-refractivity contribution in [3.8, 4) is 0 Å². The Morgan fingerprint density at radius 1 is 1.64 bits per heavy atom. The maximum Gasteiger partial charge on any atom is 0.221 e. The Hall–Kier alpha value is -1.12. The number of nitrogens with one attached hydrogen (secondary N) is 1. The standard InChI is InChI=1S/C8H15N3/c1-4-6-10-8(9-3)11-7-5-2/h4,6H,3,5,7H2,1-2H3,(H,10,11)/b6-4-. The van der Waals surface area contributed by atoms with Crippen molar-refractivity contribution >= 4 is 12.7 Å². The zero-order valence-electron chi connectivity index (χ0n) is 7.17. The van der Waals surface area contributed by atoms with Crippen molar-refractivity contribution in [2.24, 2.45) is 9.98 Å². The van der Waals surface area contributed by atoms with Crippen LogP contribution in [-0.2, 0) is 0 Å². The average molecular weight is 153 g/mol. The predicted octanol–water partition coefficient (Wildman–Crippen LogP) is 1.58. The fourth-order valence-corrected chi connectivity index (χ4v) is 0.517. The van der Waals surface area contributed by atoms with E-state index in [9.17, 15) is 0 Å². The van der Waals surface area contributed by atoms with E-state index in [0.717, 1.165) is 13.0 Å². The SMILES string of the molecule is C=NC(=NCCC)N/C=C\C. The van der Waals surface area contributed by atoms with Gasteiger partial charge in [-0.2, -0.15) is 0 Å². The number of nitrogens with zero attached hydrogens (tertiary/aromatic N) is 2. The third-order valence-corrected chi connectivity index (χ3v) is 1.01. The number of rotatable bonds is 3. The van der Waals surface area contributed by atoms with Gasteiger partial charge in [0.15, 0.2) is 0 Å². The lowest BCUT2D eigenvalue weighted by Gasteiger charge is -1.97. The van der Waals surface area contributed by atoms with Crippen molar-refractivity contribution in [1.29, 1.82) is 0 Å². The van der Waals surface area contributed by atoms with Crippen molar-refractivity contribution in [1.82, 2.24) is 5.32 Å². The molecule has 3 heteroatoms. The molecule has 0 aromatic heterocycles. The molecule has 0 amide bonds. The second-order valence-corrected chi connectivity index (χ2v) is 2.01. The summed E-state index contributed by atoms with van der Waals surface area (Å²) in [5.74, 6) is 0.588. The number of hydrogen-bond donors (Lipinski definition) is 1. The fraction of sp³-hybridized carbons (Fsp3) is 0.500. The van der Waals surface area contributed by atoms with Crippen LogP contribution < -0.4 is 5.32 Å². The first-order valence-corrected chi connectivity index (χ1v) is 3.74. The second-order valence-electron chi connectivity index (χ2n) is 2.01. The van der Waals surface area contributed by atoms with Crippen molar-refractivity contribution in [2.45, 2.75) is 20.3 Å². The third-order valence-electron chi connectivity index (χ3n) is 1.01. The molecule has 0 bridgehead atoms. The molecule has 1 N–H and O–H groups in total. The van der Waals surface area contributed by atoms with Crippen LogP contribution in [0, 0.1) is 0 Å². The van der Waals surface area contributed by atoms with Crippen LogP contribution in [0.3, 0.4) is 0 Å². The van der Waals surface area contributed by atoms with E-state index in [1.165, 1.54) is 0 Å². The summed E-state index contributed by atoms with van der Waals surface area (Å²) < 4.78 is 0. The van der Waals surface area contributed by atoms with Gasteiger partial charge < -0.3 is 5.32 Å². The van der Waals surface area contributed by atoms with E-state index in [0.29, 0.717) is 5.96 Å². The molecule has 0 heterocycles. The molecule has 0 atom stereocenters. The zero-order valence-corrected chi connectivity index (χ0v) is 7.17. The minimum absolute atomic E-state index is 0.588. The van der Waals surface area contributed by atoms with Crippen LogP contribution in [0.2, 0.25) is 0 Å². The van der Waals surface area contributed by atoms with Crippen LogP contribution in [0.25, 0.3) is 0 Å². The van der Waals surface area contributed by atoms with E-state index in [1.54, 1.807) is 6.20 Å². The number of aliphatic imine (C=N–C) groups is 2. The lowest BCUT2D eigenvalue weighted by molar-refractivity contribution is 0.920. The molecule has 0 aliphatic heterocycles. The first-order chi connectivity index (χ1) is 5.35. The van der Waals surface area contributed by atoms with Gasteiger partial charge in [0, 0.05) is 6.54 Å². The highest BCUT2D eigenvalue weighted by Crippen LogP contribution is 1.81. The Bertz CT molecular complexity index is 159. The lowest BCUT2D eigenvalue weighted by atomic mass is 10.5. The summed E-state index contributed by atoms with van der Waals surface area (Å²) in [5.41, 5.74) is 0. The van der Waals surface area contributed by atoms with Gasteiger partial charge in [-0.1, -0.05) is 13.0 Å². The monoisotopic (exact) mass is 153 g/mol. The molecule has 0 spiro atoms. The molecular weight excluding hydrogens is 138 g/mol. The summed E-state index contributed by atoms with van der Waals surface area (Å²) in [7, 11) is 0. The maximum atomic E-state index is 4.12. The first-order valence-electron chi connectivity index (χ1n) is 3.74. The van der Waals surface area contributed by atoms with Gasteiger partial charge in [-0.3, -0.25) is 4.99 Å². The van der Waals surface area contributed by atoms with E-state index in [-0.39, 0.29) is 0 Å². The largest absolute Gasteiger partial charge is 0.331 e. The highest BCUT2D eigenvalue weighted by molar-refractivity contribution is 5.84. The Morgan fingerprint density at radius 2 is 2.36 bits per heavy atom. The van der Waals surface area contributed by atoms with Crippen molar-refractivity contribution in [2.75, 3.05) is 6.54 Å². The van der Waals surface area contributed by atoms with Gasteiger partial charge in [0.05, 0.1) is 0 Å². The van der Waals surface area contributed by atoms with Gasteiger partial charge in [0.25, 0.3) is 0 Å². The van der Waals surface area contributed by atoms with Crippen molar-refractivity contribution in [3.63, 3.8) is 0 Å². The molecule has 3 nitrogen and oxygen atoms in total. The minimum Gasteiger partial charge on any atom is -0.331 e. The van der Waals surface area contributed by atoms with Gasteiger partial charge in [0.1, 0.15) is 0 Å². The van der Waals surface area contributed by atoms with Crippen LogP contribution in [0.4, 0.5) is 0 Å². The highest BCUT2D eigenvalue weighted by atomic mass is 15.1. The molecule has 0 radical (unpaired) electrons. The summed E-state index contributed by atoms with van der Waals surface area (Å²) in [6.07, 6.45) is 4.69. The zero-order chi connectivity index (χ0) is 8.53. The Kier molecular flexibility index (Phi) is 6.28. The van der Waals surface area contributed by atoms with E-state index < -0.39 is 0 Å². The number of hydrogen-bond acceptors (Lipinski definition) is 1. The van der Waals surface area contributed by atoms with Crippen molar-refractivity contribution in [3.05, 3.63) is 12.3 Å². The average Bonchev–Trinajstić information content (AvgIpc) is 2.05. The summed E-state index contributed by atoms with van der Waals surface area (Å²) in [6, 6.07) is 0. The summed E-state index contributed by atoms with van der Waals surface area (Å²) >= 11 is 0. The molecule has 0 rings (SSSR count). The van der Waals surface area contributed by atoms with Crippen molar-refractivity contribution < 1.29 is 0 Å². The van der Waals surface area contributed by atoms with Crippen LogP contribution in [0.1, 0.15) is 20.3 Å². The van der Waals surface area contributed by atoms with Crippen LogP contribution in [0.5, 0.6) is 0 Å². The molecule has 11 heavy (non-hydrogen) atoms. The Balaban J connectivity index is 3.83. The molecule has 0 saturated carbocycles.